The van der Waals surface area contributed by atoms with Crippen molar-refractivity contribution in [1.29, 1.82) is 0 Å². The first kappa shape index (κ1) is 25.3. The molecule has 0 amide bonds. The maximum Gasteiger partial charge on any atom is 0.191 e. The molecule has 1 fully saturated rings. The van der Waals surface area contributed by atoms with E-state index >= 15 is 0 Å². The molecule has 1 aromatic heterocycles. The van der Waals surface area contributed by atoms with Crippen LogP contribution < -0.4 is 10.6 Å². The summed E-state index contributed by atoms with van der Waals surface area (Å²) in [6, 6.07) is 10.3. The van der Waals surface area contributed by atoms with Crippen molar-refractivity contribution in [2.75, 3.05) is 32.8 Å². The SMILES string of the molecule is CCNC(=NCC1(c2ccc(F)cc2)CCOCC1)NCC(O)c1ccc(Cl)s1.I. The number of nitrogens with zero attached hydrogens (tertiary/aromatic N) is 1. The summed E-state index contributed by atoms with van der Waals surface area (Å²) in [5.41, 5.74) is 0.892. The Hall–Kier alpha value is -0.940. The van der Waals surface area contributed by atoms with E-state index in [-0.39, 0.29) is 35.2 Å². The van der Waals surface area contributed by atoms with Crippen LogP contribution in [0.1, 0.15) is 36.3 Å². The molecule has 0 aliphatic carbocycles. The average Bonchev–Trinajstić information content (AvgIpc) is 3.17. The third kappa shape index (κ3) is 6.78. The number of benzene rings is 1. The number of nitrogens with one attached hydrogen (secondary N) is 2. The van der Waals surface area contributed by atoms with Crippen molar-refractivity contribution >= 4 is 52.9 Å². The molecule has 2 aromatic rings. The number of ether oxygens (including phenoxy) is 1. The number of aliphatic hydroxyl groups excluding tert-OH is 1. The maximum absolute atomic E-state index is 13.4. The van der Waals surface area contributed by atoms with Crippen molar-refractivity contribution in [3.8, 4) is 0 Å². The molecule has 5 nitrogen and oxygen atoms in total. The summed E-state index contributed by atoms with van der Waals surface area (Å²) in [5.74, 6) is 0.402. The van der Waals surface area contributed by atoms with Crippen molar-refractivity contribution in [3.05, 3.63) is 57.0 Å². The van der Waals surface area contributed by atoms with Gasteiger partial charge in [0.1, 0.15) is 11.9 Å². The predicted octanol–water partition coefficient (Wildman–Crippen LogP) is 4.50. The smallest absolute Gasteiger partial charge is 0.191 e. The van der Waals surface area contributed by atoms with Crippen LogP contribution in [0, 0.1) is 5.82 Å². The highest BCUT2D eigenvalue weighted by Crippen LogP contribution is 2.35. The molecule has 30 heavy (non-hydrogen) atoms. The summed E-state index contributed by atoms with van der Waals surface area (Å²) in [4.78, 5) is 5.60. The van der Waals surface area contributed by atoms with Crippen LogP contribution in [0.15, 0.2) is 41.4 Å². The Morgan fingerprint density at radius 2 is 1.93 bits per heavy atom. The molecule has 0 radical (unpaired) electrons. The highest BCUT2D eigenvalue weighted by molar-refractivity contribution is 14.0. The zero-order valence-corrected chi connectivity index (χ0v) is 20.8. The predicted molar refractivity (Wildman–Crippen MR) is 132 cm³/mol. The first-order valence-electron chi connectivity index (χ1n) is 9.82. The summed E-state index contributed by atoms with van der Waals surface area (Å²) >= 11 is 7.32. The number of guanidine groups is 1. The fourth-order valence-electron chi connectivity index (χ4n) is 3.48. The third-order valence-corrected chi connectivity index (χ3v) is 6.51. The lowest BCUT2D eigenvalue weighted by molar-refractivity contribution is 0.0530. The Kier molecular flexibility index (Phi) is 10.3. The number of aliphatic hydroxyl groups is 1. The molecule has 166 valence electrons. The Balaban J connectivity index is 0.00000320. The molecule has 0 saturated carbocycles. The minimum atomic E-state index is -0.662. The minimum absolute atomic E-state index is 0. The van der Waals surface area contributed by atoms with Crippen molar-refractivity contribution in [3.63, 3.8) is 0 Å². The average molecular weight is 568 g/mol. The summed E-state index contributed by atoms with van der Waals surface area (Å²) in [6.45, 7) is 4.91. The number of hydrogen-bond acceptors (Lipinski definition) is 4. The van der Waals surface area contributed by atoms with Crippen LogP contribution in [0.5, 0.6) is 0 Å². The van der Waals surface area contributed by atoms with Crippen LogP contribution >= 0.6 is 46.9 Å². The highest BCUT2D eigenvalue weighted by Gasteiger charge is 2.34. The van der Waals surface area contributed by atoms with Crippen LogP contribution in [0.4, 0.5) is 4.39 Å². The Bertz CT molecular complexity index is 813. The van der Waals surface area contributed by atoms with E-state index in [1.54, 1.807) is 6.07 Å². The summed E-state index contributed by atoms with van der Waals surface area (Å²) in [5, 5.41) is 16.8. The van der Waals surface area contributed by atoms with Gasteiger partial charge in [0, 0.05) is 36.6 Å². The number of thiophene rings is 1. The molecule has 1 aliphatic heterocycles. The normalized spacial score (nSPS) is 17.1. The van der Waals surface area contributed by atoms with Crippen LogP contribution in [0.3, 0.4) is 0 Å². The van der Waals surface area contributed by atoms with Gasteiger partial charge in [-0.1, -0.05) is 23.7 Å². The summed E-state index contributed by atoms with van der Waals surface area (Å²) in [6.07, 6.45) is 1.00. The summed E-state index contributed by atoms with van der Waals surface area (Å²) < 4.78 is 19.6. The second-order valence-electron chi connectivity index (χ2n) is 7.13. The lowest BCUT2D eigenvalue weighted by Gasteiger charge is -2.36. The van der Waals surface area contributed by atoms with Gasteiger partial charge in [-0.15, -0.1) is 35.3 Å². The van der Waals surface area contributed by atoms with Crippen LogP contribution in [0.2, 0.25) is 4.34 Å². The molecule has 1 saturated heterocycles. The highest BCUT2D eigenvalue weighted by atomic mass is 127. The first-order chi connectivity index (χ1) is 14.0. The number of rotatable bonds is 7. The standard InChI is InChI=1S/C21H27ClFN3O2S.HI/c1-2-24-20(25-13-17(27)18-7-8-19(22)29-18)26-14-21(9-11-28-12-10-21)15-3-5-16(23)6-4-15;/h3-8,17,27H,2,9-14H2,1H3,(H2,24,25,26);1H. The van der Waals surface area contributed by atoms with Crippen molar-refractivity contribution in [2.24, 2.45) is 4.99 Å². The lowest BCUT2D eigenvalue weighted by atomic mass is 9.74. The van der Waals surface area contributed by atoms with Gasteiger partial charge >= 0.3 is 0 Å². The molecular formula is C21H28ClFIN3O2S. The van der Waals surface area contributed by atoms with Crippen molar-refractivity contribution < 1.29 is 14.2 Å². The Morgan fingerprint density at radius 1 is 1.23 bits per heavy atom. The number of aliphatic imine (C=N–C) groups is 1. The molecule has 1 atom stereocenters. The van der Waals surface area contributed by atoms with E-state index in [9.17, 15) is 9.50 Å². The van der Waals surface area contributed by atoms with Gasteiger partial charge in [0.05, 0.1) is 10.9 Å². The van der Waals surface area contributed by atoms with Gasteiger partial charge in [-0.05, 0) is 49.6 Å². The van der Waals surface area contributed by atoms with Crippen LogP contribution in [-0.2, 0) is 10.2 Å². The van der Waals surface area contributed by atoms with E-state index in [2.05, 4.69) is 10.6 Å². The molecule has 1 aromatic carbocycles. The van der Waals surface area contributed by atoms with Crippen molar-refractivity contribution in [2.45, 2.75) is 31.3 Å². The van der Waals surface area contributed by atoms with Crippen LogP contribution in [0.25, 0.3) is 0 Å². The molecule has 3 rings (SSSR count). The van der Waals surface area contributed by atoms with E-state index in [0.29, 0.717) is 43.1 Å². The second-order valence-corrected chi connectivity index (χ2v) is 8.88. The molecule has 0 spiro atoms. The van der Waals surface area contributed by atoms with E-state index in [1.807, 2.05) is 25.1 Å². The zero-order valence-electron chi connectivity index (χ0n) is 16.9. The molecule has 1 unspecified atom stereocenters. The van der Waals surface area contributed by atoms with Crippen molar-refractivity contribution in [1.82, 2.24) is 10.6 Å². The zero-order chi connectivity index (χ0) is 20.7. The molecule has 0 bridgehead atoms. The molecule has 1 aliphatic rings. The quantitative estimate of drug-likeness (QED) is 0.262. The summed E-state index contributed by atoms with van der Waals surface area (Å²) in [7, 11) is 0. The van der Waals surface area contributed by atoms with E-state index in [0.717, 1.165) is 23.3 Å². The molecule has 3 N–H and O–H groups in total. The minimum Gasteiger partial charge on any atom is -0.386 e. The molecule has 2 heterocycles. The van der Waals surface area contributed by atoms with Gasteiger partial charge in [0.2, 0.25) is 0 Å². The Labute approximate surface area is 203 Å². The second kappa shape index (κ2) is 12.2. The monoisotopic (exact) mass is 567 g/mol. The topological polar surface area (TPSA) is 65.9 Å². The molecular weight excluding hydrogens is 540 g/mol. The largest absolute Gasteiger partial charge is 0.386 e. The van der Waals surface area contributed by atoms with Gasteiger partial charge in [-0.2, -0.15) is 0 Å². The third-order valence-electron chi connectivity index (χ3n) is 5.18. The van der Waals surface area contributed by atoms with Gasteiger partial charge < -0.3 is 20.5 Å². The number of hydrogen-bond donors (Lipinski definition) is 3. The van der Waals surface area contributed by atoms with Gasteiger partial charge in [-0.3, -0.25) is 4.99 Å². The van der Waals surface area contributed by atoms with Crippen LogP contribution in [-0.4, -0.2) is 43.9 Å². The lowest BCUT2D eigenvalue weighted by Crippen LogP contribution is -2.42. The first-order valence-corrected chi connectivity index (χ1v) is 11.0. The van der Waals surface area contributed by atoms with E-state index in [4.69, 9.17) is 21.3 Å². The fourth-order valence-corrected chi connectivity index (χ4v) is 4.52. The van der Waals surface area contributed by atoms with Gasteiger partial charge in [0.25, 0.3) is 0 Å². The van der Waals surface area contributed by atoms with Gasteiger partial charge in [-0.25, -0.2) is 4.39 Å². The van der Waals surface area contributed by atoms with E-state index < -0.39 is 6.10 Å². The Morgan fingerprint density at radius 3 is 2.53 bits per heavy atom. The maximum atomic E-state index is 13.4. The fraction of sp³-hybridized carbons (Fsp3) is 0.476. The molecule has 9 heteroatoms. The van der Waals surface area contributed by atoms with E-state index in [1.165, 1.54) is 23.5 Å². The number of halogens is 3. The van der Waals surface area contributed by atoms with Gasteiger partial charge in [0.15, 0.2) is 5.96 Å².